The van der Waals surface area contributed by atoms with E-state index in [1.54, 1.807) is 0 Å². The van der Waals surface area contributed by atoms with Crippen LogP contribution in [-0.4, -0.2) is 35.1 Å². The number of hydrogen-bond acceptors (Lipinski definition) is 3. The number of likely N-dealkylation sites (N-methyl/N-ethyl adjacent to an activating group) is 1. The van der Waals surface area contributed by atoms with Gasteiger partial charge in [0, 0.05) is 25.2 Å². The quantitative estimate of drug-likeness (QED) is 0.849. The molecule has 0 radical (unpaired) electrons. The van der Waals surface area contributed by atoms with Crippen LogP contribution in [0.3, 0.4) is 0 Å². The lowest BCUT2D eigenvalue weighted by Gasteiger charge is -2.24. The molecule has 0 aliphatic carbocycles. The predicted octanol–water partition coefficient (Wildman–Crippen LogP) is 1.67. The van der Waals surface area contributed by atoms with Crippen LogP contribution in [0.1, 0.15) is 32.2 Å². The minimum atomic E-state index is -0.0858. The van der Waals surface area contributed by atoms with Crippen LogP contribution in [0.5, 0.6) is 0 Å². The molecule has 0 amide bonds. The number of aryl methyl sites for hydroxylation is 2. The second-order valence-electron chi connectivity index (χ2n) is 5.51. The fourth-order valence-corrected chi connectivity index (χ4v) is 1.70. The summed E-state index contributed by atoms with van der Waals surface area (Å²) < 4.78 is 7.75. The zero-order valence-corrected chi connectivity index (χ0v) is 11.9. The summed E-state index contributed by atoms with van der Waals surface area (Å²) in [5.41, 5.74) is 2.21. The SMILES string of the molecule is CNC(COC(C)(C)C)Cc1cc(C)nn1C. The fourth-order valence-electron chi connectivity index (χ4n) is 1.70. The summed E-state index contributed by atoms with van der Waals surface area (Å²) in [6.45, 7) is 8.96. The largest absolute Gasteiger partial charge is 0.374 e. The van der Waals surface area contributed by atoms with Crippen LogP contribution in [0.4, 0.5) is 0 Å². The monoisotopic (exact) mass is 239 g/mol. The van der Waals surface area contributed by atoms with Crippen molar-refractivity contribution in [2.45, 2.75) is 45.8 Å². The molecule has 0 fully saturated rings. The van der Waals surface area contributed by atoms with Crippen LogP contribution in [-0.2, 0) is 18.2 Å². The Morgan fingerprint density at radius 1 is 1.47 bits per heavy atom. The molecule has 98 valence electrons. The standard InChI is InChI=1S/C13H25N3O/c1-10-7-12(16(6)15-10)8-11(14-5)9-17-13(2,3)4/h7,11,14H,8-9H2,1-6H3. The Hall–Kier alpha value is -0.870. The molecule has 4 heteroatoms. The molecule has 4 nitrogen and oxygen atoms in total. The molecule has 1 aromatic heterocycles. The van der Waals surface area contributed by atoms with Crippen molar-refractivity contribution in [3.05, 3.63) is 17.5 Å². The number of aromatic nitrogens is 2. The van der Waals surface area contributed by atoms with Gasteiger partial charge in [-0.3, -0.25) is 4.68 Å². The van der Waals surface area contributed by atoms with Crippen LogP contribution in [0.15, 0.2) is 6.07 Å². The molecular weight excluding hydrogens is 214 g/mol. The van der Waals surface area contributed by atoms with Gasteiger partial charge < -0.3 is 10.1 Å². The fraction of sp³-hybridized carbons (Fsp3) is 0.769. The third-order valence-electron chi connectivity index (χ3n) is 2.68. The molecule has 1 atom stereocenters. The van der Waals surface area contributed by atoms with Crippen LogP contribution in [0.25, 0.3) is 0 Å². The molecule has 1 unspecified atom stereocenters. The van der Waals surface area contributed by atoms with Crippen molar-refractivity contribution in [3.8, 4) is 0 Å². The van der Waals surface area contributed by atoms with E-state index in [9.17, 15) is 0 Å². The molecule has 0 saturated heterocycles. The first kappa shape index (κ1) is 14.2. The molecule has 1 heterocycles. The Morgan fingerprint density at radius 2 is 2.12 bits per heavy atom. The lowest BCUT2D eigenvalue weighted by atomic mass is 10.1. The number of ether oxygens (including phenoxy) is 1. The van der Waals surface area contributed by atoms with Gasteiger partial charge in [-0.2, -0.15) is 5.10 Å². The van der Waals surface area contributed by atoms with Gasteiger partial charge in [0.15, 0.2) is 0 Å². The highest BCUT2D eigenvalue weighted by Gasteiger charge is 2.16. The minimum absolute atomic E-state index is 0.0858. The van der Waals surface area contributed by atoms with Crippen molar-refractivity contribution in [1.29, 1.82) is 0 Å². The number of rotatable bonds is 5. The maximum Gasteiger partial charge on any atom is 0.0630 e. The van der Waals surface area contributed by atoms with Gasteiger partial charge in [0.25, 0.3) is 0 Å². The number of nitrogens with one attached hydrogen (secondary N) is 1. The predicted molar refractivity (Wildman–Crippen MR) is 70.2 cm³/mol. The van der Waals surface area contributed by atoms with E-state index in [1.165, 1.54) is 5.69 Å². The Morgan fingerprint density at radius 3 is 2.53 bits per heavy atom. The molecule has 1 N–H and O–H groups in total. The average Bonchev–Trinajstić information content (AvgIpc) is 2.50. The highest BCUT2D eigenvalue weighted by Crippen LogP contribution is 2.10. The molecule has 0 aliphatic rings. The first-order valence-electron chi connectivity index (χ1n) is 6.12. The van der Waals surface area contributed by atoms with Crippen LogP contribution in [0.2, 0.25) is 0 Å². The topological polar surface area (TPSA) is 39.1 Å². The summed E-state index contributed by atoms with van der Waals surface area (Å²) in [7, 11) is 3.96. The van der Waals surface area contributed by atoms with Gasteiger partial charge in [0.2, 0.25) is 0 Å². The summed E-state index contributed by atoms with van der Waals surface area (Å²) in [6.07, 6.45) is 0.934. The lowest BCUT2D eigenvalue weighted by molar-refractivity contribution is -0.0136. The molecule has 1 rings (SSSR count). The molecule has 17 heavy (non-hydrogen) atoms. The summed E-state index contributed by atoms with van der Waals surface area (Å²) in [5.74, 6) is 0. The maximum atomic E-state index is 5.81. The van der Waals surface area contributed by atoms with Gasteiger partial charge in [0.1, 0.15) is 0 Å². The molecule has 0 bridgehead atoms. The second-order valence-corrected chi connectivity index (χ2v) is 5.51. The Kier molecular flexibility index (Phi) is 4.71. The molecule has 0 aliphatic heterocycles. The van der Waals surface area contributed by atoms with Crippen molar-refractivity contribution in [2.24, 2.45) is 7.05 Å². The third kappa shape index (κ3) is 4.88. The minimum Gasteiger partial charge on any atom is -0.374 e. The van der Waals surface area contributed by atoms with E-state index in [4.69, 9.17) is 4.74 Å². The van der Waals surface area contributed by atoms with Crippen LogP contribution < -0.4 is 5.32 Å². The third-order valence-corrected chi connectivity index (χ3v) is 2.68. The van der Waals surface area contributed by atoms with E-state index < -0.39 is 0 Å². The molecule has 1 aromatic rings. The van der Waals surface area contributed by atoms with Gasteiger partial charge >= 0.3 is 0 Å². The van der Waals surface area contributed by atoms with E-state index in [0.29, 0.717) is 12.6 Å². The Bertz CT molecular complexity index is 352. The summed E-state index contributed by atoms with van der Waals surface area (Å²) in [5, 5.41) is 7.65. The Balaban J connectivity index is 2.55. The van der Waals surface area contributed by atoms with E-state index in [-0.39, 0.29) is 5.60 Å². The van der Waals surface area contributed by atoms with E-state index in [0.717, 1.165) is 12.1 Å². The van der Waals surface area contributed by atoms with Crippen molar-refractivity contribution >= 4 is 0 Å². The summed E-state index contributed by atoms with van der Waals surface area (Å²) >= 11 is 0. The van der Waals surface area contributed by atoms with Gasteiger partial charge in [-0.25, -0.2) is 0 Å². The first-order valence-corrected chi connectivity index (χ1v) is 6.12. The van der Waals surface area contributed by atoms with E-state index in [2.05, 4.69) is 37.3 Å². The molecule has 0 spiro atoms. The second kappa shape index (κ2) is 5.65. The number of nitrogens with zero attached hydrogens (tertiary/aromatic N) is 2. The van der Waals surface area contributed by atoms with Gasteiger partial charge in [-0.1, -0.05) is 0 Å². The first-order chi connectivity index (χ1) is 7.81. The molecule has 0 saturated carbocycles. The normalized spacial score (nSPS) is 14.0. The van der Waals surface area contributed by atoms with E-state index >= 15 is 0 Å². The molecule has 0 aromatic carbocycles. The highest BCUT2D eigenvalue weighted by molar-refractivity contribution is 5.10. The van der Waals surface area contributed by atoms with Crippen molar-refractivity contribution in [1.82, 2.24) is 15.1 Å². The Labute approximate surface area is 104 Å². The van der Waals surface area contributed by atoms with Crippen molar-refractivity contribution in [3.63, 3.8) is 0 Å². The molecular formula is C13H25N3O. The van der Waals surface area contributed by atoms with E-state index in [1.807, 2.05) is 25.7 Å². The zero-order valence-electron chi connectivity index (χ0n) is 11.9. The van der Waals surface area contributed by atoms with Crippen LogP contribution in [0, 0.1) is 6.92 Å². The summed E-state index contributed by atoms with van der Waals surface area (Å²) in [6, 6.07) is 2.45. The summed E-state index contributed by atoms with van der Waals surface area (Å²) in [4.78, 5) is 0. The van der Waals surface area contributed by atoms with Crippen molar-refractivity contribution < 1.29 is 4.74 Å². The van der Waals surface area contributed by atoms with Gasteiger partial charge in [-0.05, 0) is 40.8 Å². The lowest BCUT2D eigenvalue weighted by Crippen LogP contribution is -2.36. The smallest absolute Gasteiger partial charge is 0.0630 e. The maximum absolute atomic E-state index is 5.81. The van der Waals surface area contributed by atoms with Crippen LogP contribution >= 0.6 is 0 Å². The van der Waals surface area contributed by atoms with Gasteiger partial charge in [0.05, 0.1) is 17.9 Å². The van der Waals surface area contributed by atoms with Gasteiger partial charge in [-0.15, -0.1) is 0 Å². The van der Waals surface area contributed by atoms with Crippen molar-refractivity contribution in [2.75, 3.05) is 13.7 Å². The number of hydrogen-bond donors (Lipinski definition) is 1. The average molecular weight is 239 g/mol. The highest BCUT2D eigenvalue weighted by atomic mass is 16.5. The zero-order chi connectivity index (χ0) is 13.1.